The number of amides is 2. The molecule has 1 unspecified atom stereocenters. The minimum atomic E-state index is -0.226. The molecule has 1 saturated heterocycles. The number of nitrogens with one attached hydrogen (secondary N) is 2. The SMILES string of the molecule is O=C1CCC(C(=O)NCC(c2ccco2)N2CCCC2)=NN1. The average Bonchev–Trinajstić information content (AvgIpc) is 3.22. The van der Waals surface area contributed by atoms with Crippen molar-refractivity contribution in [2.24, 2.45) is 5.10 Å². The number of carbonyl (C=O) groups excluding carboxylic acids is 2. The third-order valence-corrected chi connectivity index (χ3v) is 4.08. The molecule has 7 heteroatoms. The lowest BCUT2D eigenvalue weighted by Gasteiger charge is -2.26. The van der Waals surface area contributed by atoms with Gasteiger partial charge in [-0.05, 0) is 38.1 Å². The van der Waals surface area contributed by atoms with Gasteiger partial charge in [-0.2, -0.15) is 5.10 Å². The summed E-state index contributed by atoms with van der Waals surface area (Å²) in [6.07, 6.45) is 4.68. The van der Waals surface area contributed by atoms with Crippen molar-refractivity contribution in [3.05, 3.63) is 24.2 Å². The van der Waals surface area contributed by atoms with E-state index in [0.29, 0.717) is 25.1 Å². The average molecular weight is 304 g/mol. The van der Waals surface area contributed by atoms with Gasteiger partial charge in [0, 0.05) is 19.4 Å². The molecule has 0 aromatic carbocycles. The number of hydrazone groups is 1. The molecule has 1 aromatic heterocycles. The summed E-state index contributed by atoms with van der Waals surface area (Å²) >= 11 is 0. The fourth-order valence-electron chi connectivity index (χ4n) is 2.87. The lowest BCUT2D eigenvalue weighted by Crippen LogP contribution is -2.41. The molecule has 118 valence electrons. The number of furan rings is 1. The molecule has 7 nitrogen and oxygen atoms in total. The van der Waals surface area contributed by atoms with Crippen LogP contribution in [-0.2, 0) is 9.59 Å². The summed E-state index contributed by atoms with van der Waals surface area (Å²) in [6, 6.07) is 3.84. The number of carbonyl (C=O) groups is 2. The van der Waals surface area contributed by atoms with Gasteiger partial charge >= 0.3 is 0 Å². The van der Waals surface area contributed by atoms with Gasteiger partial charge in [-0.3, -0.25) is 14.5 Å². The Labute approximate surface area is 128 Å². The van der Waals surface area contributed by atoms with Crippen LogP contribution in [0, 0.1) is 0 Å². The molecule has 0 spiro atoms. The fraction of sp³-hybridized carbons (Fsp3) is 0.533. The van der Waals surface area contributed by atoms with E-state index < -0.39 is 0 Å². The van der Waals surface area contributed by atoms with E-state index in [1.54, 1.807) is 6.26 Å². The third-order valence-electron chi connectivity index (χ3n) is 4.08. The van der Waals surface area contributed by atoms with Crippen LogP contribution in [0.4, 0.5) is 0 Å². The van der Waals surface area contributed by atoms with Gasteiger partial charge < -0.3 is 9.73 Å². The monoisotopic (exact) mass is 304 g/mol. The van der Waals surface area contributed by atoms with Crippen molar-refractivity contribution in [2.45, 2.75) is 31.7 Å². The van der Waals surface area contributed by atoms with Crippen molar-refractivity contribution in [1.82, 2.24) is 15.6 Å². The van der Waals surface area contributed by atoms with Crippen molar-refractivity contribution in [1.29, 1.82) is 0 Å². The predicted octanol–water partition coefficient (Wildman–Crippen LogP) is 0.799. The molecule has 0 saturated carbocycles. The molecule has 3 heterocycles. The Balaban J connectivity index is 1.61. The second-order valence-electron chi connectivity index (χ2n) is 5.58. The highest BCUT2D eigenvalue weighted by Gasteiger charge is 2.27. The maximum atomic E-state index is 12.2. The van der Waals surface area contributed by atoms with Gasteiger partial charge in [-0.1, -0.05) is 0 Å². The van der Waals surface area contributed by atoms with Crippen molar-refractivity contribution in [3.8, 4) is 0 Å². The zero-order valence-corrected chi connectivity index (χ0v) is 12.4. The molecule has 3 rings (SSSR count). The summed E-state index contributed by atoms with van der Waals surface area (Å²) in [6.45, 7) is 2.50. The van der Waals surface area contributed by atoms with E-state index in [1.807, 2.05) is 12.1 Å². The molecule has 1 aromatic rings. The highest BCUT2D eigenvalue weighted by atomic mass is 16.3. The van der Waals surface area contributed by atoms with Crippen molar-refractivity contribution in [2.75, 3.05) is 19.6 Å². The molecule has 22 heavy (non-hydrogen) atoms. The first kappa shape index (κ1) is 14.8. The maximum Gasteiger partial charge on any atom is 0.267 e. The molecule has 2 aliphatic heterocycles. The maximum absolute atomic E-state index is 12.2. The van der Waals surface area contributed by atoms with Crippen LogP contribution in [0.25, 0.3) is 0 Å². The Hall–Kier alpha value is -2.15. The van der Waals surface area contributed by atoms with E-state index in [1.165, 1.54) is 12.8 Å². The van der Waals surface area contributed by atoms with Gasteiger partial charge in [-0.15, -0.1) is 0 Å². The molecule has 1 fully saturated rings. The Morgan fingerprint density at radius 1 is 1.41 bits per heavy atom. The van der Waals surface area contributed by atoms with Gasteiger partial charge in [0.25, 0.3) is 5.91 Å². The molecule has 0 radical (unpaired) electrons. The van der Waals surface area contributed by atoms with Gasteiger partial charge in [0.15, 0.2) is 0 Å². The van der Waals surface area contributed by atoms with E-state index in [0.717, 1.165) is 18.8 Å². The van der Waals surface area contributed by atoms with E-state index in [9.17, 15) is 9.59 Å². The summed E-state index contributed by atoms with van der Waals surface area (Å²) < 4.78 is 5.52. The minimum Gasteiger partial charge on any atom is -0.468 e. The molecular formula is C15H20N4O3. The van der Waals surface area contributed by atoms with Crippen molar-refractivity contribution in [3.63, 3.8) is 0 Å². The van der Waals surface area contributed by atoms with Gasteiger partial charge in [0.2, 0.25) is 5.91 Å². The van der Waals surface area contributed by atoms with E-state index in [4.69, 9.17) is 4.42 Å². The zero-order valence-electron chi connectivity index (χ0n) is 12.4. The lowest BCUT2D eigenvalue weighted by molar-refractivity contribution is -0.121. The molecule has 2 amide bonds. The number of hydrogen-bond donors (Lipinski definition) is 2. The summed E-state index contributed by atoms with van der Waals surface area (Å²) in [5.74, 6) is 0.485. The lowest BCUT2D eigenvalue weighted by atomic mass is 10.1. The smallest absolute Gasteiger partial charge is 0.267 e. The molecule has 2 N–H and O–H groups in total. The van der Waals surface area contributed by atoms with Crippen LogP contribution in [0.1, 0.15) is 37.5 Å². The first-order valence-corrected chi connectivity index (χ1v) is 7.65. The molecule has 0 bridgehead atoms. The molecule has 2 aliphatic rings. The second kappa shape index (κ2) is 6.74. The van der Waals surface area contributed by atoms with Crippen LogP contribution >= 0.6 is 0 Å². The summed E-state index contributed by atoms with van der Waals surface area (Å²) in [5, 5.41) is 6.73. The highest BCUT2D eigenvalue weighted by Crippen LogP contribution is 2.24. The quantitative estimate of drug-likeness (QED) is 0.842. The van der Waals surface area contributed by atoms with Crippen LogP contribution < -0.4 is 10.7 Å². The topological polar surface area (TPSA) is 86.9 Å². The standard InChI is InChI=1S/C15H20N4O3/c20-14-6-5-11(17-18-14)15(21)16-10-12(13-4-3-9-22-13)19-7-1-2-8-19/h3-4,9,12H,1-2,5-8,10H2,(H,16,21)(H,18,20). The summed E-state index contributed by atoms with van der Waals surface area (Å²) in [7, 11) is 0. The summed E-state index contributed by atoms with van der Waals surface area (Å²) in [5.41, 5.74) is 2.72. The number of likely N-dealkylation sites (tertiary alicyclic amines) is 1. The Bertz CT molecular complexity index is 561. The Morgan fingerprint density at radius 3 is 2.86 bits per heavy atom. The second-order valence-corrected chi connectivity index (χ2v) is 5.58. The number of hydrogen-bond acceptors (Lipinski definition) is 5. The normalized spacial score (nSPS) is 20.4. The molecular weight excluding hydrogens is 284 g/mol. The predicted molar refractivity (Wildman–Crippen MR) is 80.1 cm³/mol. The van der Waals surface area contributed by atoms with Crippen LogP contribution in [0.5, 0.6) is 0 Å². The number of nitrogens with zero attached hydrogens (tertiary/aromatic N) is 2. The molecule has 0 aliphatic carbocycles. The third kappa shape index (κ3) is 3.36. The van der Waals surface area contributed by atoms with Crippen molar-refractivity contribution >= 4 is 17.5 Å². The fourth-order valence-corrected chi connectivity index (χ4v) is 2.87. The van der Waals surface area contributed by atoms with E-state index >= 15 is 0 Å². The largest absolute Gasteiger partial charge is 0.468 e. The first-order chi connectivity index (χ1) is 10.7. The zero-order chi connectivity index (χ0) is 15.4. The van der Waals surface area contributed by atoms with Crippen LogP contribution in [-0.4, -0.2) is 42.1 Å². The van der Waals surface area contributed by atoms with Gasteiger partial charge in [-0.25, -0.2) is 5.43 Å². The van der Waals surface area contributed by atoms with Gasteiger partial charge in [0.1, 0.15) is 11.5 Å². The minimum absolute atomic E-state index is 0.0419. The Morgan fingerprint density at radius 2 is 2.23 bits per heavy atom. The van der Waals surface area contributed by atoms with Crippen molar-refractivity contribution < 1.29 is 14.0 Å². The van der Waals surface area contributed by atoms with E-state index in [-0.39, 0.29) is 17.9 Å². The van der Waals surface area contributed by atoms with E-state index in [2.05, 4.69) is 20.7 Å². The van der Waals surface area contributed by atoms with Gasteiger partial charge in [0.05, 0.1) is 12.3 Å². The first-order valence-electron chi connectivity index (χ1n) is 7.65. The molecule has 1 atom stereocenters. The van der Waals surface area contributed by atoms with Crippen LogP contribution in [0.2, 0.25) is 0 Å². The highest BCUT2D eigenvalue weighted by molar-refractivity contribution is 6.39. The van der Waals surface area contributed by atoms with Crippen LogP contribution in [0.3, 0.4) is 0 Å². The van der Waals surface area contributed by atoms with Crippen LogP contribution in [0.15, 0.2) is 27.9 Å². The number of rotatable bonds is 5. The Kier molecular flexibility index (Phi) is 4.53. The summed E-state index contributed by atoms with van der Waals surface area (Å²) in [4.78, 5) is 25.5.